The van der Waals surface area contributed by atoms with Crippen LogP contribution in [0.4, 0.5) is 5.13 Å². The fraction of sp³-hybridized carbons (Fsp3) is 0.833. The third-order valence-corrected chi connectivity index (χ3v) is 4.03. The molecule has 1 N–H and O–H groups in total. The molecule has 0 saturated carbocycles. The Labute approximate surface area is 107 Å². The van der Waals surface area contributed by atoms with Gasteiger partial charge in [-0.3, -0.25) is 0 Å². The van der Waals surface area contributed by atoms with Crippen LogP contribution in [-0.4, -0.2) is 35.9 Å². The second-order valence-electron chi connectivity index (χ2n) is 4.70. The van der Waals surface area contributed by atoms with E-state index in [0.29, 0.717) is 6.04 Å². The molecule has 5 heteroatoms. The Hall–Kier alpha value is -0.680. The molecule has 1 aliphatic heterocycles. The summed E-state index contributed by atoms with van der Waals surface area (Å²) in [6.07, 6.45) is 5.12. The third kappa shape index (κ3) is 3.64. The van der Waals surface area contributed by atoms with Crippen LogP contribution in [0.5, 0.6) is 0 Å². The minimum Gasteiger partial charge on any atom is -0.345 e. The lowest BCUT2D eigenvalue weighted by molar-refractivity contribution is 0.399. The molecule has 4 nitrogen and oxygen atoms in total. The van der Waals surface area contributed by atoms with Gasteiger partial charge in [-0.1, -0.05) is 24.7 Å². The van der Waals surface area contributed by atoms with Gasteiger partial charge in [0.15, 0.2) is 0 Å². The third-order valence-electron chi connectivity index (χ3n) is 3.13. The van der Waals surface area contributed by atoms with E-state index in [1.165, 1.54) is 25.8 Å². The number of aryl methyl sites for hydroxylation is 1. The molecule has 0 bridgehead atoms. The van der Waals surface area contributed by atoms with E-state index >= 15 is 0 Å². The molecule has 96 valence electrons. The molecular weight excluding hydrogens is 232 g/mol. The monoisotopic (exact) mass is 254 g/mol. The van der Waals surface area contributed by atoms with Gasteiger partial charge >= 0.3 is 0 Å². The number of nitrogens with zero attached hydrogens (tertiary/aromatic N) is 3. The number of anilines is 1. The SMILES string of the molecule is CCCN(CC1CCCCN1)c1nnc(C)s1. The summed E-state index contributed by atoms with van der Waals surface area (Å²) in [5.41, 5.74) is 0. The van der Waals surface area contributed by atoms with Gasteiger partial charge < -0.3 is 10.2 Å². The van der Waals surface area contributed by atoms with Crippen LogP contribution in [0.25, 0.3) is 0 Å². The highest BCUT2D eigenvalue weighted by atomic mass is 32.1. The van der Waals surface area contributed by atoms with Crippen LogP contribution in [-0.2, 0) is 0 Å². The number of aromatic nitrogens is 2. The zero-order chi connectivity index (χ0) is 12.1. The summed E-state index contributed by atoms with van der Waals surface area (Å²) in [7, 11) is 0. The minimum absolute atomic E-state index is 0.625. The molecule has 0 amide bonds. The minimum atomic E-state index is 0.625. The highest BCUT2D eigenvalue weighted by Crippen LogP contribution is 2.21. The van der Waals surface area contributed by atoms with Gasteiger partial charge in [0, 0.05) is 19.1 Å². The lowest BCUT2D eigenvalue weighted by atomic mass is 10.0. The van der Waals surface area contributed by atoms with Crippen LogP contribution in [0, 0.1) is 6.92 Å². The van der Waals surface area contributed by atoms with Crippen molar-refractivity contribution in [2.75, 3.05) is 24.5 Å². The number of nitrogens with one attached hydrogen (secondary N) is 1. The largest absolute Gasteiger partial charge is 0.345 e. The van der Waals surface area contributed by atoms with Gasteiger partial charge in [-0.15, -0.1) is 10.2 Å². The summed E-state index contributed by atoms with van der Waals surface area (Å²) < 4.78 is 0. The molecule has 1 atom stereocenters. The number of rotatable bonds is 5. The van der Waals surface area contributed by atoms with E-state index in [1.54, 1.807) is 11.3 Å². The van der Waals surface area contributed by atoms with E-state index in [4.69, 9.17) is 0 Å². The van der Waals surface area contributed by atoms with Crippen LogP contribution in [0.2, 0.25) is 0 Å². The van der Waals surface area contributed by atoms with Gasteiger partial charge in [0.1, 0.15) is 5.01 Å². The highest BCUT2D eigenvalue weighted by molar-refractivity contribution is 7.15. The van der Waals surface area contributed by atoms with Crippen LogP contribution in [0.1, 0.15) is 37.6 Å². The molecular formula is C12H22N4S. The van der Waals surface area contributed by atoms with Crippen molar-refractivity contribution in [2.24, 2.45) is 0 Å². The predicted octanol–water partition coefficient (Wildman–Crippen LogP) is 2.21. The molecule has 0 aromatic carbocycles. The Kier molecular flexibility index (Phi) is 4.74. The molecule has 1 saturated heterocycles. The Balaban J connectivity index is 1.96. The maximum atomic E-state index is 4.27. The first-order chi connectivity index (χ1) is 8.29. The Morgan fingerprint density at radius 2 is 2.29 bits per heavy atom. The first-order valence-electron chi connectivity index (χ1n) is 6.58. The maximum absolute atomic E-state index is 4.27. The molecule has 1 aromatic rings. The van der Waals surface area contributed by atoms with E-state index in [-0.39, 0.29) is 0 Å². The summed E-state index contributed by atoms with van der Waals surface area (Å²) in [6, 6.07) is 0.625. The van der Waals surface area contributed by atoms with Crippen LogP contribution < -0.4 is 10.2 Å². The average molecular weight is 254 g/mol. The number of hydrogen-bond acceptors (Lipinski definition) is 5. The Bertz CT molecular complexity index is 333. The molecule has 17 heavy (non-hydrogen) atoms. The maximum Gasteiger partial charge on any atom is 0.208 e. The second kappa shape index (κ2) is 6.31. The van der Waals surface area contributed by atoms with Crippen LogP contribution >= 0.6 is 11.3 Å². The van der Waals surface area contributed by atoms with Crippen LogP contribution in [0.15, 0.2) is 0 Å². The van der Waals surface area contributed by atoms with E-state index < -0.39 is 0 Å². The lowest BCUT2D eigenvalue weighted by Crippen LogP contribution is -2.44. The van der Waals surface area contributed by atoms with Gasteiger partial charge in [-0.25, -0.2) is 0 Å². The molecule has 2 heterocycles. The fourth-order valence-electron chi connectivity index (χ4n) is 2.29. The summed E-state index contributed by atoms with van der Waals surface area (Å²) >= 11 is 1.70. The Morgan fingerprint density at radius 3 is 2.88 bits per heavy atom. The number of hydrogen-bond donors (Lipinski definition) is 1. The molecule has 0 radical (unpaired) electrons. The topological polar surface area (TPSA) is 41.0 Å². The van der Waals surface area contributed by atoms with Gasteiger partial charge in [-0.2, -0.15) is 0 Å². The molecule has 0 aliphatic carbocycles. The van der Waals surface area contributed by atoms with Gasteiger partial charge in [0.05, 0.1) is 0 Å². The summed E-state index contributed by atoms with van der Waals surface area (Å²) in [6.45, 7) is 7.55. The van der Waals surface area contributed by atoms with Gasteiger partial charge in [0.2, 0.25) is 5.13 Å². The molecule has 1 unspecified atom stereocenters. The molecule has 1 aliphatic rings. The van der Waals surface area contributed by atoms with Crippen molar-refractivity contribution in [1.29, 1.82) is 0 Å². The van der Waals surface area contributed by atoms with Crippen molar-refractivity contribution in [3.8, 4) is 0 Å². The van der Waals surface area contributed by atoms with E-state index in [2.05, 4.69) is 27.3 Å². The smallest absolute Gasteiger partial charge is 0.208 e. The first-order valence-corrected chi connectivity index (χ1v) is 7.39. The summed E-state index contributed by atoms with van der Waals surface area (Å²) in [5, 5.41) is 14.1. The van der Waals surface area contributed by atoms with E-state index in [9.17, 15) is 0 Å². The van der Waals surface area contributed by atoms with Crippen LogP contribution in [0.3, 0.4) is 0 Å². The van der Waals surface area contributed by atoms with Crippen molar-refractivity contribution < 1.29 is 0 Å². The summed E-state index contributed by atoms with van der Waals surface area (Å²) in [4.78, 5) is 2.38. The van der Waals surface area contributed by atoms with E-state index in [1.807, 2.05) is 6.92 Å². The average Bonchev–Trinajstić information content (AvgIpc) is 2.77. The van der Waals surface area contributed by atoms with Gasteiger partial charge in [-0.05, 0) is 32.7 Å². The van der Waals surface area contributed by atoms with Crippen molar-refractivity contribution in [3.63, 3.8) is 0 Å². The molecule has 1 aromatic heterocycles. The standard InChI is InChI=1S/C12H22N4S/c1-3-8-16(12-15-14-10(2)17-12)9-11-6-4-5-7-13-11/h11,13H,3-9H2,1-2H3. The first kappa shape index (κ1) is 12.8. The van der Waals surface area contributed by atoms with Gasteiger partial charge in [0.25, 0.3) is 0 Å². The zero-order valence-corrected chi connectivity index (χ0v) is 11.6. The van der Waals surface area contributed by atoms with Crippen molar-refractivity contribution >= 4 is 16.5 Å². The van der Waals surface area contributed by atoms with E-state index in [0.717, 1.165) is 29.6 Å². The van der Waals surface area contributed by atoms with Crippen molar-refractivity contribution in [3.05, 3.63) is 5.01 Å². The van der Waals surface area contributed by atoms with Crippen molar-refractivity contribution in [2.45, 2.75) is 45.6 Å². The zero-order valence-electron chi connectivity index (χ0n) is 10.8. The molecule has 0 spiro atoms. The molecule has 2 rings (SSSR count). The Morgan fingerprint density at radius 1 is 1.41 bits per heavy atom. The fourth-order valence-corrected chi connectivity index (χ4v) is 3.02. The normalized spacial score (nSPS) is 20.5. The molecule has 1 fully saturated rings. The lowest BCUT2D eigenvalue weighted by Gasteiger charge is -2.30. The predicted molar refractivity (Wildman–Crippen MR) is 72.8 cm³/mol. The highest BCUT2D eigenvalue weighted by Gasteiger charge is 2.18. The quantitative estimate of drug-likeness (QED) is 0.874. The van der Waals surface area contributed by atoms with Crippen molar-refractivity contribution in [1.82, 2.24) is 15.5 Å². The second-order valence-corrected chi connectivity index (χ2v) is 5.86. The summed E-state index contributed by atoms with van der Waals surface area (Å²) in [5.74, 6) is 0. The number of piperidine rings is 1.